The summed E-state index contributed by atoms with van der Waals surface area (Å²) in [5.74, 6) is -4.37. The minimum Gasteiger partial charge on any atom is -0.480 e. The number of hydrogen-bond acceptors (Lipinski definition) is 3. The molecule has 5 nitrogen and oxygen atoms in total. The number of carbonyl (C=O) groups excluding carboxylic acids is 2. The summed E-state index contributed by atoms with van der Waals surface area (Å²) in [6, 6.07) is 2.73. The van der Waals surface area contributed by atoms with E-state index in [1.165, 1.54) is 7.05 Å². The molecule has 1 N–H and O–H groups in total. The van der Waals surface area contributed by atoms with Gasteiger partial charge >= 0.3 is 5.97 Å². The van der Waals surface area contributed by atoms with Gasteiger partial charge in [-0.3, -0.25) is 14.4 Å². The zero-order chi connectivity index (χ0) is 15.3. The second-order valence-corrected chi connectivity index (χ2v) is 4.20. The fourth-order valence-corrected chi connectivity index (χ4v) is 1.52. The van der Waals surface area contributed by atoms with Crippen LogP contribution in [0.3, 0.4) is 0 Å². The number of amides is 1. The zero-order valence-electron chi connectivity index (χ0n) is 10.7. The Kier molecular flexibility index (Phi) is 5.31. The van der Waals surface area contributed by atoms with Crippen LogP contribution in [0.25, 0.3) is 0 Å². The lowest BCUT2D eigenvalue weighted by Crippen LogP contribution is -2.32. The third kappa shape index (κ3) is 4.42. The number of carbonyl (C=O) groups is 3. The van der Waals surface area contributed by atoms with Crippen molar-refractivity contribution in [2.45, 2.75) is 12.8 Å². The quantitative estimate of drug-likeness (QED) is 0.803. The van der Waals surface area contributed by atoms with Crippen molar-refractivity contribution in [2.75, 3.05) is 13.6 Å². The lowest BCUT2D eigenvalue weighted by Gasteiger charge is -2.13. The number of halogens is 2. The molecular weight excluding hydrogens is 272 g/mol. The van der Waals surface area contributed by atoms with Crippen LogP contribution >= 0.6 is 0 Å². The van der Waals surface area contributed by atoms with Crippen LogP contribution in [0.15, 0.2) is 18.2 Å². The third-order valence-electron chi connectivity index (χ3n) is 2.61. The van der Waals surface area contributed by atoms with Gasteiger partial charge in [-0.2, -0.15) is 0 Å². The topological polar surface area (TPSA) is 74.7 Å². The smallest absolute Gasteiger partial charge is 0.323 e. The summed E-state index contributed by atoms with van der Waals surface area (Å²) in [7, 11) is 1.30. The second kappa shape index (κ2) is 6.74. The largest absolute Gasteiger partial charge is 0.480 e. The summed E-state index contributed by atoms with van der Waals surface area (Å²) in [5, 5.41) is 8.51. The van der Waals surface area contributed by atoms with Gasteiger partial charge in [0, 0.05) is 25.5 Å². The highest BCUT2D eigenvalue weighted by molar-refractivity contribution is 5.98. The van der Waals surface area contributed by atoms with Crippen LogP contribution in [-0.2, 0) is 9.59 Å². The number of benzene rings is 1. The van der Waals surface area contributed by atoms with E-state index in [-0.39, 0.29) is 18.4 Å². The van der Waals surface area contributed by atoms with E-state index >= 15 is 0 Å². The first-order valence-corrected chi connectivity index (χ1v) is 5.75. The molecule has 0 atom stereocenters. The Hall–Kier alpha value is -2.31. The van der Waals surface area contributed by atoms with Crippen LogP contribution in [0, 0.1) is 11.6 Å². The molecule has 0 spiro atoms. The van der Waals surface area contributed by atoms with E-state index in [4.69, 9.17) is 5.11 Å². The van der Waals surface area contributed by atoms with Crippen molar-refractivity contribution in [3.8, 4) is 0 Å². The van der Waals surface area contributed by atoms with Crippen molar-refractivity contribution in [1.82, 2.24) is 4.90 Å². The van der Waals surface area contributed by atoms with Crippen LogP contribution in [0.1, 0.15) is 23.2 Å². The Morgan fingerprint density at radius 1 is 1.15 bits per heavy atom. The molecule has 0 saturated carbocycles. The van der Waals surface area contributed by atoms with Gasteiger partial charge in [0.05, 0.1) is 0 Å². The molecule has 0 fully saturated rings. The molecule has 0 aliphatic rings. The molecule has 1 aromatic carbocycles. The lowest BCUT2D eigenvalue weighted by atomic mass is 10.1. The van der Waals surface area contributed by atoms with Crippen LogP contribution in [-0.4, -0.2) is 41.3 Å². The first-order valence-electron chi connectivity index (χ1n) is 5.75. The minimum absolute atomic E-state index is 0.0300. The molecule has 7 heteroatoms. The molecule has 0 saturated heterocycles. The summed E-state index contributed by atoms with van der Waals surface area (Å²) in [5.41, 5.74) is -0.0300. The molecule has 0 aliphatic carbocycles. The number of ketones is 1. The highest BCUT2D eigenvalue weighted by Gasteiger charge is 2.15. The van der Waals surface area contributed by atoms with Gasteiger partial charge in [-0.15, -0.1) is 0 Å². The van der Waals surface area contributed by atoms with Gasteiger partial charge in [0.25, 0.3) is 0 Å². The van der Waals surface area contributed by atoms with Crippen LogP contribution < -0.4 is 0 Å². The number of likely N-dealkylation sites (N-methyl/N-ethyl adjacent to an activating group) is 1. The van der Waals surface area contributed by atoms with E-state index in [0.29, 0.717) is 0 Å². The molecule has 0 aliphatic heterocycles. The first kappa shape index (κ1) is 15.7. The summed E-state index contributed by atoms with van der Waals surface area (Å²) < 4.78 is 25.6. The number of nitrogens with zero attached hydrogens (tertiary/aromatic N) is 1. The number of carboxylic acids is 1. The molecular formula is C13H13F2NO4. The average Bonchev–Trinajstić information content (AvgIpc) is 2.37. The SMILES string of the molecule is CN(CC(=O)O)C(=O)CCC(=O)c1ccc(F)c(F)c1. The average molecular weight is 285 g/mol. The fraction of sp³-hybridized carbons (Fsp3) is 0.308. The molecule has 1 rings (SSSR count). The summed E-state index contributed by atoms with van der Waals surface area (Å²) in [6.45, 7) is -0.460. The maximum atomic E-state index is 12.9. The highest BCUT2D eigenvalue weighted by atomic mass is 19.2. The fourth-order valence-electron chi connectivity index (χ4n) is 1.52. The summed E-state index contributed by atoms with van der Waals surface area (Å²) in [6.07, 6.45) is -0.393. The van der Waals surface area contributed by atoms with Crippen molar-refractivity contribution in [1.29, 1.82) is 0 Å². The first-order chi connectivity index (χ1) is 9.31. The summed E-state index contributed by atoms with van der Waals surface area (Å²) in [4.78, 5) is 34.6. The van der Waals surface area contributed by atoms with Crippen molar-refractivity contribution < 1.29 is 28.3 Å². The Morgan fingerprint density at radius 2 is 1.80 bits per heavy atom. The molecule has 0 radical (unpaired) electrons. The number of carboxylic acid groups (broad SMARTS) is 1. The number of aliphatic carboxylic acids is 1. The minimum atomic E-state index is -1.16. The summed E-state index contributed by atoms with van der Waals surface area (Å²) >= 11 is 0. The van der Waals surface area contributed by atoms with Crippen LogP contribution in [0.2, 0.25) is 0 Å². The predicted octanol–water partition coefficient (Wildman–Crippen LogP) is 1.47. The maximum Gasteiger partial charge on any atom is 0.323 e. The van der Waals surface area contributed by atoms with E-state index < -0.39 is 35.8 Å². The van der Waals surface area contributed by atoms with E-state index in [9.17, 15) is 23.2 Å². The number of Topliss-reactive ketones (excluding diaryl/α,β-unsaturated/α-hetero) is 1. The van der Waals surface area contributed by atoms with Gasteiger partial charge in [-0.05, 0) is 18.2 Å². The number of rotatable bonds is 6. The standard InChI is InChI=1S/C13H13F2NO4/c1-16(7-13(19)20)12(18)5-4-11(17)8-2-3-9(14)10(15)6-8/h2-3,6H,4-5,7H2,1H3,(H,19,20). The van der Waals surface area contributed by atoms with Gasteiger partial charge in [-0.1, -0.05) is 0 Å². The molecule has 0 bridgehead atoms. The Morgan fingerprint density at radius 3 is 2.35 bits per heavy atom. The van der Waals surface area contributed by atoms with Gasteiger partial charge in [-0.25, -0.2) is 8.78 Å². The van der Waals surface area contributed by atoms with E-state index in [1.807, 2.05) is 0 Å². The molecule has 108 valence electrons. The molecule has 20 heavy (non-hydrogen) atoms. The molecule has 1 aromatic rings. The number of hydrogen-bond donors (Lipinski definition) is 1. The van der Waals surface area contributed by atoms with Crippen molar-refractivity contribution in [3.05, 3.63) is 35.4 Å². The lowest BCUT2D eigenvalue weighted by molar-refractivity contribution is -0.143. The monoisotopic (exact) mass is 285 g/mol. The molecule has 0 unspecified atom stereocenters. The van der Waals surface area contributed by atoms with Crippen molar-refractivity contribution in [3.63, 3.8) is 0 Å². The molecule has 1 amide bonds. The van der Waals surface area contributed by atoms with E-state index in [0.717, 1.165) is 23.1 Å². The van der Waals surface area contributed by atoms with Crippen molar-refractivity contribution >= 4 is 17.7 Å². The van der Waals surface area contributed by atoms with Gasteiger partial charge in [0.15, 0.2) is 17.4 Å². The third-order valence-corrected chi connectivity index (χ3v) is 2.61. The van der Waals surface area contributed by atoms with Gasteiger partial charge in [0.1, 0.15) is 6.54 Å². The van der Waals surface area contributed by atoms with Gasteiger partial charge < -0.3 is 10.0 Å². The Labute approximate surface area is 113 Å². The van der Waals surface area contributed by atoms with Crippen LogP contribution in [0.5, 0.6) is 0 Å². The highest BCUT2D eigenvalue weighted by Crippen LogP contribution is 2.11. The predicted molar refractivity (Wildman–Crippen MR) is 65.2 cm³/mol. The Balaban J connectivity index is 2.56. The van der Waals surface area contributed by atoms with Gasteiger partial charge in [0.2, 0.25) is 5.91 Å². The maximum absolute atomic E-state index is 12.9. The zero-order valence-corrected chi connectivity index (χ0v) is 10.7. The van der Waals surface area contributed by atoms with Crippen LogP contribution in [0.4, 0.5) is 8.78 Å². The van der Waals surface area contributed by atoms with Crippen molar-refractivity contribution in [2.24, 2.45) is 0 Å². The Bertz CT molecular complexity index is 545. The second-order valence-electron chi connectivity index (χ2n) is 4.20. The molecule has 0 aromatic heterocycles. The van der Waals surface area contributed by atoms with E-state index in [2.05, 4.69) is 0 Å². The van der Waals surface area contributed by atoms with E-state index in [1.54, 1.807) is 0 Å². The molecule has 0 heterocycles. The normalized spacial score (nSPS) is 10.2.